The molecule has 0 saturated carbocycles. The number of rotatable bonds is 65. The van der Waals surface area contributed by atoms with Gasteiger partial charge in [0.25, 0.3) is 0 Å². The summed E-state index contributed by atoms with van der Waals surface area (Å²) in [5.41, 5.74) is 0. The van der Waals surface area contributed by atoms with Crippen molar-refractivity contribution in [3.8, 4) is 11.8 Å². The number of hydrogen-bond acceptors (Lipinski definition) is 16. The van der Waals surface area contributed by atoms with Crippen LogP contribution in [0.3, 0.4) is 0 Å². The van der Waals surface area contributed by atoms with Crippen molar-refractivity contribution in [2.45, 2.75) is 66.3 Å². The summed E-state index contributed by atoms with van der Waals surface area (Å²) >= 11 is 0. The van der Waals surface area contributed by atoms with Crippen LogP contribution in [-0.2, 0) is 76.6 Å². The number of hydrogen-bond donors (Lipinski definition) is 0. The van der Waals surface area contributed by atoms with Gasteiger partial charge in [-0.05, 0) is 125 Å². The summed E-state index contributed by atoms with van der Waals surface area (Å²) in [6.45, 7) is 98.5. The van der Waals surface area contributed by atoms with E-state index in [1.165, 1.54) is 82.7 Å². The van der Waals surface area contributed by atoms with Crippen molar-refractivity contribution in [3.05, 3.63) is 363 Å². The topological polar surface area (TPSA) is 296 Å². The molecule has 1 unspecified atom stereocenters. The molecule has 0 N–H and O–H groups in total. The van der Waals surface area contributed by atoms with Crippen LogP contribution in [0.1, 0.15) is 60.3 Å². The molecule has 12 amide bonds. The lowest BCUT2D eigenvalue weighted by atomic mass is 10.2. The molecule has 1 atom stereocenters. The number of ether oxygens (including phenoxy) is 2. The Balaban J connectivity index is -0.000000289. The second-order valence-electron chi connectivity index (χ2n) is 27.4. The number of nitrogens with zero attached hydrogens (tertiary/aromatic N) is 12. The number of esters is 2. The average molecular weight is 1890 g/mol. The van der Waals surface area contributed by atoms with Gasteiger partial charge in [0.1, 0.15) is 13.2 Å². The zero-order valence-electron chi connectivity index (χ0n) is 82.3. The van der Waals surface area contributed by atoms with Gasteiger partial charge in [0, 0.05) is 156 Å². The molecule has 28 heteroatoms. The molecule has 137 heavy (non-hydrogen) atoms. The number of amides is 12. The monoisotopic (exact) mass is 1890 g/mol. The summed E-state index contributed by atoms with van der Waals surface area (Å²) in [6, 6.07) is -0.113. The highest BCUT2D eigenvalue weighted by molar-refractivity contribution is 5.92. The third-order valence-corrected chi connectivity index (χ3v) is 17.2. The van der Waals surface area contributed by atoms with Gasteiger partial charge in [-0.15, -0.1) is 52.6 Å². The molecule has 0 aromatic heterocycles. The summed E-state index contributed by atoms with van der Waals surface area (Å²) in [5.74, 6) is 3.18. The van der Waals surface area contributed by atoms with Crippen molar-refractivity contribution >= 4 is 82.8 Å². The van der Waals surface area contributed by atoms with Gasteiger partial charge in [0.15, 0.2) is 0 Å². The van der Waals surface area contributed by atoms with E-state index < -0.39 is 11.9 Å². The lowest BCUT2D eigenvalue weighted by Crippen LogP contribution is -2.36. The van der Waals surface area contributed by atoms with Gasteiger partial charge in [-0.25, -0.2) is 9.59 Å². The van der Waals surface area contributed by atoms with Crippen molar-refractivity contribution in [1.29, 1.82) is 0 Å². The summed E-state index contributed by atoms with van der Waals surface area (Å²) in [7, 11) is 0. The molecular formula is C109H154N12O16. The molecule has 0 saturated heterocycles. The Morgan fingerprint density at radius 1 is 0.234 bits per heavy atom. The molecule has 0 radical (unpaired) electrons. The van der Waals surface area contributed by atoms with E-state index in [0.29, 0.717) is 137 Å². The van der Waals surface area contributed by atoms with Crippen molar-refractivity contribution in [2.75, 3.05) is 164 Å². The fourth-order valence-electron chi connectivity index (χ4n) is 10.2. The van der Waals surface area contributed by atoms with Crippen LogP contribution in [0.15, 0.2) is 363 Å². The van der Waals surface area contributed by atoms with E-state index in [1.807, 2.05) is 108 Å². The minimum atomic E-state index is -0.488. The van der Waals surface area contributed by atoms with Gasteiger partial charge in [0.05, 0.1) is 13.1 Å². The maximum atomic E-state index is 11.7. The van der Waals surface area contributed by atoms with E-state index in [0.717, 1.165) is 37.8 Å². The second-order valence-corrected chi connectivity index (χ2v) is 27.4. The first-order valence-corrected chi connectivity index (χ1v) is 44.2. The Bertz CT molecular complexity index is 4050. The van der Waals surface area contributed by atoms with Crippen LogP contribution in [0.2, 0.25) is 0 Å². The van der Waals surface area contributed by atoms with Crippen LogP contribution < -0.4 is 0 Å². The SMILES string of the molecule is C=CC(=O)N(C/C=C/CN(CCC)C(=O)C=C)CCC.C=CC(=O)N(CC)C/C=C/CN(CCC)C(=O)C=C.C=CC(=O)OC/C=C/COC(=O)C=C.C=CCN(C/C=C/C(C)N(CC=C)C(=O)C=C)C(=O)C=C.C=CCN(C/C=C/C/C=C/CN(CC=C)C(=O)C=C)C(=O)C=C.C=CCN(C/C=C/CN(CC=C)C(=O)C=C)C(=O)C=C.C=CCN(CC#CCN(CC=C)C(=O)C=C)C(=O)C=C. The highest BCUT2D eigenvalue weighted by Crippen LogP contribution is 2.07. The molecule has 0 bridgehead atoms. The van der Waals surface area contributed by atoms with E-state index in [9.17, 15) is 67.1 Å². The molecule has 0 aliphatic heterocycles. The Morgan fingerprint density at radius 2 is 0.438 bits per heavy atom. The van der Waals surface area contributed by atoms with Gasteiger partial charge in [0.2, 0.25) is 70.9 Å². The summed E-state index contributed by atoms with van der Waals surface area (Å²) in [5, 5.41) is 0. The minimum Gasteiger partial charge on any atom is -0.458 e. The van der Waals surface area contributed by atoms with Gasteiger partial charge in [-0.1, -0.05) is 246 Å². The van der Waals surface area contributed by atoms with Crippen LogP contribution in [0.25, 0.3) is 0 Å². The first-order chi connectivity index (χ1) is 65.7. The molecule has 0 aliphatic rings. The van der Waals surface area contributed by atoms with Crippen LogP contribution >= 0.6 is 0 Å². The molecule has 0 aromatic rings. The number of likely N-dealkylation sites (N-methyl/N-ethyl adjacent to an activating group) is 1. The largest absolute Gasteiger partial charge is 0.458 e. The number of carbonyl (C=O) groups is 14. The van der Waals surface area contributed by atoms with Crippen molar-refractivity contribution in [3.63, 3.8) is 0 Å². The number of allylic oxidation sites excluding steroid dienone is 2. The van der Waals surface area contributed by atoms with Crippen LogP contribution in [-0.4, -0.2) is 311 Å². The maximum absolute atomic E-state index is 11.7. The summed E-state index contributed by atoms with van der Waals surface area (Å²) < 4.78 is 9.24. The average Bonchev–Trinajstić information content (AvgIpc) is 0.887. The molecule has 746 valence electrons. The normalized spacial score (nSPS) is 10.1. The number of carbonyl (C=O) groups excluding carboxylic acids is 14. The molecule has 0 aliphatic carbocycles. The van der Waals surface area contributed by atoms with Gasteiger partial charge < -0.3 is 68.3 Å². The zero-order valence-corrected chi connectivity index (χ0v) is 82.3. The molecule has 0 heterocycles. The van der Waals surface area contributed by atoms with Crippen molar-refractivity contribution < 1.29 is 76.6 Å². The second kappa shape index (κ2) is 95.2. The fourth-order valence-corrected chi connectivity index (χ4v) is 10.2. The molecular weight excluding hydrogens is 1730 g/mol. The van der Waals surface area contributed by atoms with E-state index in [2.05, 4.69) is 166 Å². The van der Waals surface area contributed by atoms with Crippen LogP contribution in [0.5, 0.6) is 0 Å². The van der Waals surface area contributed by atoms with Crippen molar-refractivity contribution in [2.24, 2.45) is 0 Å². The standard InChI is InChI=1S/C19H26N2O2.C17H24N2O2.C16H26N2O2.C16H22N2O2.C16H20N2O2.C15H24N2O2.C10H12O4/c1-5-14-20(18(22)7-3)16-12-10-9-11-13-17-21(15-6-2)19(23)8-4;1-6-12-18(16(20)8-3)14-10-11-15(5)19(13-7-2)17(21)9-4;3*1-5-11-17(15(19)7-3)13-9-10-14-18(12-6-2)16(20)8-4;1-5-11-17(15(19)7-3)13-10-9-12-16(8-4)14(18)6-2;1-3-9(11)13-7-5-6-8-14-10(12)4-2/h5-8,10-13H,1-4,9,14-17H2;6-11,15H,1-4,12-14H2,5H3;7-10H,3-6,11-14H2,1-2H3;5-10H,1-4,11-14H2;5-8H,1-4,11-14H2;6-7,9-10H,2-3,5,8,11-13H2,1,4H3;3-6H,1-2,7-8H2/b12-10+,13-11+;11-10+;2*10-9+;;10-9+;6-5+. The predicted octanol–water partition coefficient (Wildman–Crippen LogP) is 14.0. The molecule has 28 nitrogen and oxygen atoms in total. The van der Waals surface area contributed by atoms with Gasteiger partial charge in [-0.3, -0.25) is 57.5 Å². The zero-order chi connectivity index (χ0) is 105. The molecule has 0 spiro atoms. The molecule has 0 fully saturated rings. The van der Waals surface area contributed by atoms with Gasteiger partial charge >= 0.3 is 11.9 Å². The highest BCUT2D eigenvalue weighted by atomic mass is 16.5. The maximum Gasteiger partial charge on any atom is 0.330 e. The molecule has 0 rings (SSSR count). The van der Waals surface area contributed by atoms with Gasteiger partial charge in [-0.2, -0.15) is 0 Å². The first kappa shape index (κ1) is 135. The van der Waals surface area contributed by atoms with Crippen LogP contribution in [0, 0.1) is 11.8 Å². The Hall–Kier alpha value is -15.4. The fraction of sp³-hybridized carbons (Fsp3) is 0.321. The van der Waals surface area contributed by atoms with E-state index in [4.69, 9.17) is 0 Å². The highest BCUT2D eigenvalue weighted by Gasteiger charge is 2.17. The Labute approximate surface area is 819 Å². The smallest absolute Gasteiger partial charge is 0.330 e. The predicted molar refractivity (Wildman–Crippen MR) is 563 cm³/mol. The summed E-state index contributed by atoms with van der Waals surface area (Å²) in [6.07, 6.45) is 60.2. The van der Waals surface area contributed by atoms with E-state index >= 15 is 0 Å². The summed E-state index contributed by atoms with van der Waals surface area (Å²) in [4.78, 5) is 179. The van der Waals surface area contributed by atoms with E-state index in [-0.39, 0.29) is 103 Å². The lowest BCUT2D eigenvalue weighted by molar-refractivity contribution is -0.137. The third-order valence-electron chi connectivity index (χ3n) is 17.2. The minimum absolute atomic E-state index is 0.0657. The molecule has 0 aromatic carbocycles. The first-order valence-electron chi connectivity index (χ1n) is 44.2. The van der Waals surface area contributed by atoms with Crippen LogP contribution in [0.4, 0.5) is 0 Å². The lowest BCUT2D eigenvalue weighted by Gasteiger charge is -2.25. The Morgan fingerprint density at radius 3 is 0.664 bits per heavy atom. The van der Waals surface area contributed by atoms with E-state index in [1.54, 1.807) is 110 Å². The quantitative estimate of drug-likeness (QED) is 0.0236. The Kier molecular flexibility index (Phi) is 93.6. The third kappa shape index (κ3) is 72.8. The van der Waals surface area contributed by atoms with Crippen molar-refractivity contribution in [1.82, 2.24) is 58.8 Å².